The molecular formula is C6H10BBrIO3S2-. The summed E-state index contributed by atoms with van der Waals surface area (Å²) in [6.45, 7) is 7.84. The van der Waals surface area contributed by atoms with Crippen LogP contribution in [0.1, 0.15) is 13.3 Å². The molecule has 1 unspecified atom stereocenters. The molecule has 0 aromatic carbocycles. The molecule has 0 aromatic heterocycles. The fourth-order valence-corrected chi connectivity index (χ4v) is 2.66. The molecule has 0 heterocycles. The molecule has 0 fully saturated rings. The van der Waals surface area contributed by atoms with Gasteiger partial charge in [-0.3, -0.25) is 0 Å². The van der Waals surface area contributed by atoms with E-state index in [0.717, 1.165) is 16.8 Å². The van der Waals surface area contributed by atoms with Gasteiger partial charge in [-0.1, -0.05) is 0 Å². The number of rotatable bonds is 7. The molecule has 0 aromatic rings. The maximum absolute atomic E-state index is 10.6. The van der Waals surface area contributed by atoms with E-state index in [1.807, 2.05) is 28.1 Å². The summed E-state index contributed by atoms with van der Waals surface area (Å²) in [5, 5.41) is 0. The average Bonchev–Trinajstić information content (AvgIpc) is 2.15. The molecule has 0 spiro atoms. The van der Waals surface area contributed by atoms with Gasteiger partial charge in [0.15, 0.2) is 0 Å². The van der Waals surface area contributed by atoms with E-state index in [1.165, 1.54) is 0 Å². The number of halogens is 2. The third-order valence-electron chi connectivity index (χ3n) is 1.55. The van der Waals surface area contributed by atoms with E-state index in [1.54, 1.807) is 0 Å². The summed E-state index contributed by atoms with van der Waals surface area (Å²) >= 11 is 5.04. The zero-order valence-corrected chi connectivity index (χ0v) is 12.9. The number of hydrogen-bond acceptors (Lipinski definition) is 5. The summed E-state index contributed by atoms with van der Waals surface area (Å²) < 4.78 is 10.4. The van der Waals surface area contributed by atoms with E-state index >= 15 is 0 Å². The van der Waals surface area contributed by atoms with Crippen LogP contribution >= 0.6 is 46.5 Å². The van der Waals surface area contributed by atoms with Gasteiger partial charge in [-0.2, -0.15) is 0 Å². The SMILES string of the molecule is B#[S-](I)O[C@@H](CCOSBr)C(C)C=O. The van der Waals surface area contributed by atoms with E-state index < -0.39 is 7.58 Å². The fourth-order valence-electron chi connectivity index (χ4n) is 0.800. The molecule has 0 aliphatic carbocycles. The summed E-state index contributed by atoms with van der Waals surface area (Å²) in [5.41, 5.74) is 0. The van der Waals surface area contributed by atoms with Crippen LogP contribution < -0.4 is 0 Å². The van der Waals surface area contributed by atoms with Gasteiger partial charge in [-0.05, 0) is 0 Å². The van der Waals surface area contributed by atoms with Crippen LogP contribution in [0.3, 0.4) is 0 Å². The van der Waals surface area contributed by atoms with E-state index in [2.05, 4.69) is 14.8 Å². The Hall–Kier alpha value is 1.56. The molecule has 0 aliphatic heterocycles. The van der Waals surface area contributed by atoms with Crippen LogP contribution in [0.4, 0.5) is 0 Å². The van der Waals surface area contributed by atoms with Crippen LogP contribution in [0.25, 0.3) is 0 Å². The summed E-state index contributed by atoms with van der Waals surface area (Å²) in [5.74, 6) is -0.160. The third kappa shape index (κ3) is 7.80. The fraction of sp³-hybridized carbons (Fsp3) is 0.833. The van der Waals surface area contributed by atoms with Crippen molar-refractivity contribution in [3.63, 3.8) is 0 Å². The van der Waals surface area contributed by atoms with Gasteiger partial charge in [0, 0.05) is 0 Å². The van der Waals surface area contributed by atoms with Crippen molar-refractivity contribution < 1.29 is 13.2 Å². The topological polar surface area (TPSA) is 35.5 Å². The van der Waals surface area contributed by atoms with E-state index in [9.17, 15) is 4.79 Å². The number of hydrogen-bond donors (Lipinski definition) is 0. The summed E-state index contributed by atoms with van der Waals surface area (Å²) in [4.78, 5) is 10.6. The van der Waals surface area contributed by atoms with Crippen LogP contribution in [0, 0.1) is 5.92 Å². The zero-order chi connectivity index (χ0) is 11.0. The van der Waals surface area contributed by atoms with Gasteiger partial charge in [0.25, 0.3) is 0 Å². The van der Waals surface area contributed by atoms with Crippen molar-refractivity contribution in [3.05, 3.63) is 0 Å². The Morgan fingerprint density at radius 2 is 2.43 bits per heavy atom. The summed E-state index contributed by atoms with van der Waals surface area (Å²) in [7, 11) is 0.483. The van der Waals surface area contributed by atoms with Crippen LogP contribution in [0.2, 0.25) is 0 Å². The molecule has 3 nitrogen and oxygen atoms in total. The van der Waals surface area contributed by atoms with Gasteiger partial charge in [0.05, 0.1) is 0 Å². The van der Waals surface area contributed by atoms with Crippen molar-refractivity contribution in [2.24, 2.45) is 5.92 Å². The van der Waals surface area contributed by atoms with Gasteiger partial charge >= 0.3 is 112 Å². The predicted octanol–water partition coefficient (Wildman–Crippen LogP) is 2.54. The Kier molecular flexibility index (Phi) is 10.9. The summed E-state index contributed by atoms with van der Waals surface area (Å²) in [6.07, 6.45) is 1.36. The zero-order valence-electron chi connectivity index (χ0n) is 7.52. The number of carbonyl (C=O) groups excluding carboxylic acids is 1. The molecule has 0 radical (unpaired) electrons. The molecule has 0 N–H and O–H groups in total. The van der Waals surface area contributed by atoms with Crippen molar-refractivity contribution in [1.29, 1.82) is 0 Å². The first-order valence-corrected chi connectivity index (χ1v) is 10.1. The second kappa shape index (κ2) is 9.77. The molecular weight excluding hydrogens is 402 g/mol. The van der Waals surface area contributed by atoms with Crippen molar-refractivity contribution >= 4 is 66.9 Å². The molecule has 0 bridgehead atoms. The Bertz CT molecular complexity index is 235. The Morgan fingerprint density at radius 1 is 1.79 bits per heavy atom. The molecule has 0 aliphatic rings. The minimum atomic E-state index is -0.636. The second-order valence-corrected chi connectivity index (χ2v) is 7.00. The predicted molar refractivity (Wildman–Crippen MR) is 74.3 cm³/mol. The third-order valence-corrected chi connectivity index (χ3v) is 3.42. The first-order valence-electron chi connectivity index (χ1n) is 3.79. The molecule has 0 rings (SSSR count). The molecule has 2 atom stereocenters. The molecule has 8 heteroatoms. The standard InChI is InChI=1S/C6H10BBrIO3S2/c1-5(4-10)6(12-14(7)9)2-3-11-13-8/h4-6H,2-3H2,1H3/q-1/t5?,6-/m0/s1. The monoisotopic (exact) mass is 411 g/mol. The van der Waals surface area contributed by atoms with E-state index in [-0.39, 0.29) is 12.0 Å². The average molecular weight is 412 g/mol. The molecule has 14 heavy (non-hydrogen) atoms. The maximum atomic E-state index is 10.6. The van der Waals surface area contributed by atoms with Gasteiger partial charge in [-0.15, -0.1) is 0 Å². The Balaban J connectivity index is 3.98. The van der Waals surface area contributed by atoms with E-state index in [0.29, 0.717) is 13.0 Å². The van der Waals surface area contributed by atoms with Crippen LogP contribution in [0.5, 0.6) is 0 Å². The van der Waals surface area contributed by atoms with Crippen LogP contribution in [-0.2, 0) is 20.7 Å². The normalized spacial score (nSPS) is 15.6. The number of aldehydes is 1. The van der Waals surface area contributed by atoms with Crippen molar-refractivity contribution in [2.45, 2.75) is 19.4 Å². The quantitative estimate of drug-likeness (QED) is 0.161. The molecule has 0 saturated carbocycles. The first kappa shape index (κ1) is 15.6. The Labute approximate surface area is 111 Å². The van der Waals surface area contributed by atoms with E-state index in [4.69, 9.17) is 14.9 Å². The van der Waals surface area contributed by atoms with Crippen LogP contribution in [-0.4, -0.2) is 25.5 Å². The van der Waals surface area contributed by atoms with Crippen LogP contribution in [0.15, 0.2) is 0 Å². The number of carbonyl (C=O) groups is 1. The van der Waals surface area contributed by atoms with Gasteiger partial charge in [0.2, 0.25) is 0 Å². The van der Waals surface area contributed by atoms with Crippen molar-refractivity contribution in [2.75, 3.05) is 6.61 Å². The first-order chi connectivity index (χ1) is 6.61. The van der Waals surface area contributed by atoms with Gasteiger partial charge < -0.3 is 0 Å². The van der Waals surface area contributed by atoms with Gasteiger partial charge in [0.1, 0.15) is 0 Å². The molecule has 0 amide bonds. The molecule has 82 valence electrons. The van der Waals surface area contributed by atoms with Gasteiger partial charge in [-0.25, -0.2) is 0 Å². The summed E-state index contributed by atoms with van der Waals surface area (Å²) in [6, 6.07) is 0. The Morgan fingerprint density at radius 3 is 2.86 bits per heavy atom. The van der Waals surface area contributed by atoms with Crippen molar-refractivity contribution in [3.8, 4) is 0 Å². The van der Waals surface area contributed by atoms with Crippen molar-refractivity contribution in [1.82, 2.24) is 0 Å². The second-order valence-electron chi connectivity index (χ2n) is 2.55. The minimum absolute atomic E-state index is 0.160. The molecule has 0 saturated heterocycles.